The number of carbonyl (C=O) groups is 3. The summed E-state index contributed by atoms with van der Waals surface area (Å²) in [6.45, 7) is 2.36. The van der Waals surface area contributed by atoms with Crippen molar-refractivity contribution in [1.29, 1.82) is 0 Å². The molecule has 2 N–H and O–H groups in total. The summed E-state index contributed by atoms with van der Waals surface area (Å²) in [4.78, 5) is 35.1. The molecule has 0 aliphatic rings. The lowest BCUT2D eigenvalue weighted by Crippen LogP contribution is -2.47. The van der Waals surface area contributed by atoms with Gasteiger partial charge in [-0.3, -0.25) is 4.79 Å². The topological polar surface area (TPSA) is 105 Å². The van der Waals surface area contributed by atoms with Crippen LogP contribution in [0.1, 0.15) is 19.8 Å². The highest BCUT2D eigenvalue weighted by Crippen LogP contribution is 1.97. The Morgan fingerprint density at radius 2 is 2.00 bits per heavy atom. The van der Waals surface area contributed by atoms with Crippen molar-refractivity contribution in [3.63, 3.8) is 0 Å². The number of nitrogens with zero attached hydrogens (tertiary/aromatic N) is 1. The molecule has 0 aromatic rings. The van der Waals surface area contributed by atoms with E-state index in [1.807, 2.05) is 0 Å². The van der Waals surface area contributed by atoms with E-state index in [1.165, 1.54) is 19.1 Å². The van der Waals surface area contributed by atoms with Gasteiger partial charge in [-0.15, -0.1) is 0 Å². The summed E-state index contributed by atoms with van der Waals surface area (Å²) >= 11 is 0. The van der Waals surface area contributed by atoms with E-state index < -0.39 is 24.0 Å². The molecule has 0 aromatic heterocycles. The van der Waals surface area contributed by atoms with E-state index in [9.17, 15) is 14.4 Å². The van der Waals surface area contributed by atoms with Crippen LogP contribution in [-0.2, 0) is 19.1 Å². The predicted octanol–water partition coefficient (Wildman–Crippen LogP) is 0.0707. The summed E-state index contributed by atoms with van der Waals surface area (Å²) in [6.07, 6.45) is 0.233. The Hall–Kier alpha value is -1.83. The van der Waals surface area contributed by atoms with Gasteiger partial charge in [0.2, 0.25) is 0 Å². The number of methoxy groups -OCH3 is 1. The number of carboxylic acids is 1. The number of hydrogen-bond acceptors (Lipinski definition) is 5. The number of rotatable bonds is 9. The van der Waals surface area contributed by atoms with Crippen molar-refractivity contribution in [2.45, 2.75) is 25.8 Å². The van der Waals surface area contributed by atoms with E-state index >= 15 is 0 Å². The van der Waals surface area contributed by atoms with E-state index in [-0.39, 0.29) is 32.6 Å². The zero-order chi connectivity index (χ0) is 15.5. The standard InChI is InChI=1S/C12H22N2O6/c1-4-20-10(15)5-7-14(2)12(18)13-9(11(16)17)6-8-19-3/h9H,4-8H2,1-3H3,(H,13,18)(H,16,17). The molecule has 20 heavy (non-hydrogen) atoms. The number of ether oxygens (including phenoxy) is 2. The van der Waals surface area contributed by atoms with Gasteiger partial charge >= 0.3 is 18.0 Å². The smallest absolute Gasteiger partial charge is 0.326 e. The van der Waals surface area contributed by atoms with Gasteiger partial charge in [-0.2, -0.15) is 0 Å². The molecule has 0 aromatic carbocycles. The van der Waals surface area contributed by atoms with Crippen LogP contribution in [0.25, 0.3) is 0 Å². The van der Waals surface area contributed by atoms with Crippen molar-refractivity contribution in [3.8, 4) is 0 Å². The van der Waals surface area contributed by atoms with E-state index in [0.29, 0.717) is 0 Å². The first-order valence-electron chi connectivity index (χ1n) is 6.31. The van der Waals surface area contributed by atoms with Crippen molar-refractivity contribution in [3.05, 3.63) is 0 Å². The molecule has 116 valence electrons. The number of carboxylic acid groups (broad SMARTS) is 1. The largest absolute Gasteiger partial charge is 0.480 e. The average Bonchev–Trinajstić information content (AvgIpc) is 2.40. The second-order valence-electron chi connectivity index (χ2n) is 4.10. The Morgan fingerprint density at radius 1 is 1.35 bits per heavy atom. The summed E-state index contributed by atoms with van der Waals surface area (Å²) in [5.41, 5.74) is 0. The lowest BCUT2D eigenvalue weighted by atomic mass is 10.2. The molecule has 0 rings (SSSR count). The molecule has 0 saturated heterocycles. The number of amides is 2. The van der Waals surface area contributed by atoms with Crippen LogP contribution in [0.4, 0.5) is 4.79 Å². The van der Waals surface area contributed by atoms with Crippen molar-refractivity contribution >= 4 is 18.0 Å². The minimum atomic E-state index is -1.13. The first-order valence-corrected chi connectivity index (χ1v) is 6.31. The lowest BCUT2D eigenvalue weighted by molar-refractivity contribution is -0.143. The van der Waals surface area contributed by atoms with Gasteiger partial charge in [0.15, 0.2) is 0 Å². The minimum Gasteiger partial charge on any atom is -0.480 e. The van der Waals surface area contributed by atoms with Gasteiger partial charge in [0.25, 0.3) is 0 Å². The fourth-order valence-corrected chi connectivity index (χ4v) is 1.35. The molecule has 0 spiro atoms. The molecule has 0 aliphatic carbocycles. The molecule has 0 aliphatic heterocycles. The van der Waals surface area contributed by atoms with E-state index in [0.717, 1.165) is 0 Å². The predicted molar refractivity (Wildman–Crippen MR) is 70.3 cm³/mol. The summed E-state index contributed by atoms with van der Waals surface area (Å²) < 4.78 is 9.52. The third-order valence-corrected chi connectivity index (χ3v) is 2.51. The monoisotopic (exact) mass is 290 g/mol. The maximum Gasteiger partial charge on any atom is 0.326 e. The molecule has 0 heterocycles. The summed E-state index contributed by atoms with van der Waals surface area (Å²) in [7, 11) is 2.93. The fourth-order valence-electron chi connectivity index (χ4n) is 1.35. The fraction of sp³-hybridized carbons (Fsp3) is 0.750. The quantitative estimate of drug-likeness (QED) is 0.582. The molecule has 1 atom stereocenters. The Balaban J connectivity index is 4.21. The van der Waals surface area contributed by atoms with E-state index in [1.54, 1.807) is 6.92 Å². The molecule has 0 bridgehead atoms. The van der Waals surface area contributed by atoms with Crippen molar-refractivity contribution < 1.29 is 29.0 Å². The Labute approximate surface area is 118 Å². The summed E-state index contributed by atoms with van der Waals surface area (Å²) in [5.74, 6) is -1.53. The molecule has 8 nitrogen and oxygen atoms in total. The van der Waals surface area contributed by atoms with Gasteiger partial charge in [-0.05, 0) is 6.92 Å². The second-order valence-corrected chi connectivity index (χ2v) is 4.10. The van der Waals surface area contributed by atoms with Gasteiger partial charge in [0.05, 0.1) is 13.0 Å². The zero-order valence-corrected chi connectivity index (χ0v) is 12.0. The molecule has 0 radical (unpaired) electrons. The van der Waals surface area contributed by atoms with Crippen LogP contribution in [0.15, 0.2) is 0 Å². The third-order valence-electron chi connectivity index (χ3n) is 2.51. The van der Waals surface area contributed by atoms with Gasteiger partial charge in [-0.1, -0.05) is 0 Å². The molecule has 8 heteroatoms. The van der Waals surface area contributed by atoms with Gasteiger partial charge in [0.1, 0.15) is 6.04 Å². The maximum absolute atomic E-state index is 11.7. The molecule has 1 unspecified atom stereocenters. The van der Waals surface area contributed by atoms with Gasteiger partial charge < -0.3 is 24.8 Å². The third kappa shape index (κ3) is 7.57. The molecule has 0 saturated carbocycles. The summed E-state index contributed by atoms with van der Waals surface area (Å²) in [6, 6.07) is -1.58. The number of urea groups is 1. The normalized spacial score (nSPS) is 11.6. The molecule has 0 fully saturated rings. The highest BCUT2D eigenvalue weighted by atomic mass is 16.5. The first-order chi connectivity index (χ1) is 9.42. The Morgan fingerprint density at radius 3 is 2.50 bits per heavy atom. The zero-order valence-electron chi connectivity index (χ0n) is 12.0. The number of nitrogens with one attached hydrogen (secondary N) is 1. The van der Waals surface area contributed by atoms with Crippen LogP contribution < -0.4 is 5.32 Å². The van der Waals surface area contributed by atoms with Crippen LogP contribution in [0.5, 0.6) is 0 Å². The first kappa shape index (κ1) is 18.2. The van der Waals surface area contributed by atoms with Crippen LogP contribution in [0.2, 0.25) is 0 Å². The van der Waals surface area contributed by atoms with Crippen LogP contribution >= 0.6 is 0 Å². The summed E-state index contributed by atoms with van der Waals surface area (Å²) in [5, 5.41) is 11.3. The van der Waals surface area contributed by atoms with Gasteiger partial charge in [-0.25, -0.2) is 9.59 Å². The average molecular weight is 290 g/mol. The van der Waals surface area contributed by atoms with Crippen LogP contribution in [-0.4, -0.2) is 67.9 Å². The number of aliphatic carboxylic acids is 1. The Bertz CT molecular complexity index is 334. The molecular weight excluding hydrogens is 268 g/mol. The SMILES string of the molecule is CCOC(=O)CCN(C)C(=O)NC(CCOC)C(=O)O. The molecule has 2 amide bonds. The highest BCUT2D eigenvalue weighted by Gasteiger charge is 2.21. The number of hydrogen-bond donors (Lipinski definition) is 2. The maximum atomic E-state index is 11.7. The van der Waals surface area contributed by atoms with Crippen LogP contribution in [0.3, 0.4) is 0 Å². The van der Waals surface area contributed by atoms with Gasteiger partial charge in [0, 0.05) is 33.7 Å². The highest BCUT2D eigenvalue weighted by molar-refractivity contribution is 5.82. The van der Waals surface area contributed by atoms with E-state index in [4.69, 9.17) is 14.6 Å². The lowest BCUT2D eigenvalue weighted by Gasteiger charge is -2.21. The second kappa shape index (κ2) is 10.0. The molecular formula is C12H22N2O6. The van der Waals surface area contributed by atoms with Crippen LogP contribution in [0, 0.1) is 0 Å². The Kier molecular flexibility index (Phi) is 9.10. The number of esters is 1. The number of carbonyl (C=O) groups excluding carboxylic acids is 2. The van der Waals surface area contributed by atoms with E-state index in [2.05, 4.69) is 5.32 Å². The van der Waals surface area contributed by atoms with Crippen molar-refractivity contribution in [2.75, 3.05) is 33.9 Å². The van der Waals surface area contributed by atoms with Crippen molar-refractivity contribution in [1.82, 2.24) is 10.2 Å². The minimum absolute atomic E-state index is 0.0631. The van der Waals surface area contributed by atoms with Crippen molar-refractivity contribution in [2.24, 2.45) is 0 Å².